The third-order valence-corrected chi connectivity index (χ3v) is 7.56. The SMILES string of the molecule is CCOCC.COc1cc(-c2cccc(NS(=O)(=O)CCCF)c2F)cc2c(N)nc(-c3cnc4[nH]ccc4c3)nc12. The highest BCUT2D eigenvalue weighted by atomic mass is 32.2. The molecule has 0 unspecified atom stereocenters. The van der Waals surface area contributed by atoms with Crippen LogP contribution >= 0.6 is 0 Å². The normalized spacial score (nSPS) is 11.4. The first-order valence-electron chi connectivity index (χ1n) is 13.2. The smallest absolute Gasteiger partial charge is 0.232 e. The number of nitrogen functional groups attached to an aromatic ring is 1. The molecule has 10 nitrogen and oxygen atoms in total. The van der Waals surface area contributed by atoms with Crippen molar-refractivity contribution >= 4 is 43.5 Å². The molecule has 0 aliphatic carbocycles. The van der Waals surface area contributed by atoms with Crippen LogP contribution in [0.15, 0.2) is 54.9 Å². The maximum atomic E-state index is 15.4. The van der Waals surface area contributed by atoms with E-state index in [-0.39, 0.29) is 23.5 Å². The minimum Gasteiger partial charge on any atom is -0.494 e. The number of halogens is 2. The number of hydrogen-bond acceptors (Lipinski definition) is 8. The number of nitrogens with zero attached hydrogens (tertiary/aromatic N) is 3. The lowest BCUT2D eigenvalue weighted by molar-refractivity contribution is 0.162. The average molecular weight is 599 g/mol. The van der Waals surface area contributed by atoms with Crippen LogP contribution in [-0.2, 0) is 14.8 Å². The number of methoxy groups -OCH3 is 1. The fourth-order valence-electron chi connectivity index (χ4n) is 4.23. The number of nitrogens with two attached hydrogens (primary N) is 1. The Balaban J connectivity index is 0.000000748. The number of pyridine rings is 1. The van der Waals surface area contributed by atoms with Gasteiger partial charge >= 0.3 is 0 Å². The molecule has 5 rings (SSSR count). The molecule has 0 aliphatic heterocycles. The summed E-state index contributed by atoms with van der Waals surface area (Å²) in [5.74, 6) is -0.429. The van der Waals surface area contributed by atoms with Gasteiger partial charge in [0.1, 0.15) is 22.7 Å². The van der Waals surface area contributed by atoms with Gasteiger partial charge in [0.2, 0.25) is 10.0 Å². The monoisotopic (exact) mass is 598 g/mol. The summed E-state index contributed by atoms with van der Waals surface area (Å²) in [7, 11) is -2.46. The number of nitrogens with one attached hydrogen (secondary N) is 2. The molecule has 0 bridgehead atoms. The van der Waals surface area contributed by atoms with Gasteiger partial charge in [-0.15, -0.1) is 0 Å². The minimum atomic E-state index is -3.92. The standard InChI is InChI=1S/C25H22F2N6O3S.C4H10O/c1-36-20-12-15(17-4-2-5-19(21(17)27)33-37(34,35)9-3-7-26)11-18-22(20)31-25(32-23(18)28)16-10-14-6-8-29-24(14)30-13-16;1-3-5-4-2/h2,4-6,8,10-13,33H,3,7,9H2,1H3,(H,29,30)(H2,28,31,32);3-4H2,1-2H3. The molecular weight excluding hydrogens is 566 g/mol. The second-order valence-corrected chi connectivity index (χ2v) is 10.9. The number of fused-ring (bicyclic) bond motifs is 2. The van der Waals surface area contributed by atoms with E-state index >= 15 is 4.39 Å². The summed E-state index contributed by atoms with van der Waals surface area (Å²) in [6.45, 7) is 4.88. The van der Waals surface area contributed by atoms with E-state index in [0.717, 1.165) is 24.2 Å². The van der Waals surface area contributed by atoms with E-state index < -0.39 is 28.3 Å². The second-order valence-electron chi connectivity index (χ2n) is 9.06. The number of hydrogen-bond donors (Lipinski definition) is 3. The first kappa shape index (κ1) is 30.6. The van der Waals surface area contributed by atoms with Gasteiger partial charge in [0, 0.05) is 47.5 Å². The van der Waals surface area contributed by atoms with Crippen LogP contribution in [0.25, 0.3) is 44.5 Å². The number of alkyl halides is 1. The highest BCUT2D eigenvalue weighted by molar-refractivity contribution is 7.92. The first-order valence-corrected chi connectivity index (χ1v) is 14.9. The molecule has 0 saturated heterocycles. The zero-order valence-corrected chi connectivity index (χ0v) is 24.3. The highest BCUT2D eigenvalue weighted by Gasteiger charge is 2.19. The maximum absolute atomic E-state index is 15.4. The lowest BCUT2D eigenvalue weighted by Crippen LogP contribution is -2.18. The van der Waals surface area contributed by atoms with Gasteiger partial charge in [-0.25, -0.2) is 27.8 Å². The van der Waals surface area contributed by atoms with Crippen LogP contribution in [0.4, 0.5) is 20.3 Å². The Kier molecular flexibility index (Phi) is 9.86. The molecule has 222 valence electrons. The molecule has 4 N–H and O–H groups in total. The molecule has 0 radical (unpaired) electrons. The van der Waals surface area contributed by atoms with E-state index in [1.165, 1.54) is 25.3 Å². The number of rotatable bonds is 10. The van der Waals surface area contributed by atoms with Crippen molar-refractivity contribution in [1.82, 2.24) is 19.9 Å². The zero-order valence-electron chi connectivity index (χ0n) is 23.4. The third-order valence-electron chi connectivity index (χ3n) is 6.20. The van der Waals surface area contributed by atoms with E-state index in [2.05, 4.69) is 24.7 Å². The van der Waals surface area contributed by atoms with Gasteiger partial charge in [0.25, 0.3) is 0 Å². The van der Waals surface area contributed by atoms with Gasteiger partial charge in [0.05, 0.1) is 25.2 Å². The van der Waals surface area contributed by atoms with E-state index in [9.17, 15) is 12.8 Å². The van der Waals surface area contributed by atoms with Gasteiger partial charge in [0.15, 0.2) is 11.6 Å². The summed E-state index contributed by atoms with van der Waals surface area (Å²) in [6, 6.07) is 11.3. The van der Waals surface area contributed by atoms with Gasteiger partial charge in [-0.3, -0.25) is 9.11 Å². The van der Waals surface area contributed by atoms with E-state index in [1.807, 2.05) is 26.0 Å². The number of H-pyrrole nitrogens is 1. The molecule has 3 heterocycles. The molecule has 42 heavy (non-hydrogen) atoms. The average Bonchev–Trinajstić information content (AvgIpc) is 3.45. The maximum Gasteiger partial charge on any atom is 0.232 e. The second kappa shape index (κ2) is 13.5. The predicted molar refractivity (Wildman–Crippen MR) is 161 cm³/mol. The predicted octanol–water partition coefficient (Wildman–Crippen LogP) is 5.71. The molecule has 2 aromatic carbocycles. The first-order chi connectivity index (χ1) is 20.2. The molecule has 0 atom stereocenters. The minimum absolute atomic E-state index is 0.108. The lowest BCUT2D eigenvalue weighted by Gasteiger charge is -2.14. The Hall–Kier alpha value is -4.36. The van der Waals surface area contributed by atoms with Crippen LogP contribution < -0.4 is 15.2 Å². The van der Waals surface area contributed by atoms with Crippen molar-refractivity contribution in [2.75, 3.05) is 43.2 Å². The molecule has 3 aromatic heterocycles. The van der Waals surface area contributed by atoms with Crippen molar-refractivity contribution < 1.29 is 26.7 Å². The lowest BCUT2D eigenvalue weighted by atomic mass is 10.0. The van der Waals surface area contributed by atoms with Crippen LogP contribution in [0, 0.1) is 5.82 Å². The topological polar surface area (TPSA) is 145 Å². The van der Waals surface area contributed by atoms with Crippen LogP contribution in [0.3, 0.4) is 0 Å². The van der Waals surface area contributed by atoms with Crippen molar-refractivity contribution in [2.45, 2.75) is 20.3 Å². The summed E-state index contributed by atoms with van der Waals surface area (Å²) >= 11 is 0. The van der Waals surface area contributed by atoms with Gasteiger partial charge < -0.3 is 20.2 Å². The van der Waals surface area contributed by atoms with E-state index in [1.54, 1.807) is 24.5 Å². The number of aromatic nitrogens is 4. The molecule has 0 amide bonds. The molecule has 13 heteroatoms. The van der Waals surface area contributed by atoms with Crippen LogP contribution in [0.1, 0.15) is 20.3 Å². The van der Waals surface area contributed by atoms with Crippen LogP contribution in [-0.4, -0.2) is 61.1 Å². The molecule has 0 spiro atoms. The van der Waals surface area contributed by atoms with Crippen molar-refractivity contribution in [3.05, 3.63) is 60.7 Å². The summed E-state index contributed by atoms with van der Waals surface area (Å²) < 4.78 is 64.8. The van der Waals surface area contributed by atoms with Crippen molar-refractivity contribution in [3.63, 3.8) is 0 Å². The number of aromatic amines is 1. The van der Waals surface area contributed by atoms with Crippen molar-refractivity contribution in [2.24, 2.45) is 0 Å². The molecule has 0 aliphatic rings. The fourth-order valence-corrected chi connectivity index (χ4v) is 5.31. The molecule has 0 saturated carbocycles. The summed E-state index contributed by atoms with van der Waals surface area (Å²) in [5, 5.41) is 1.32. The number of sulfonamides is 1. The Morgan fingerprint density at radius 3 is 2.55 bits per heavy atom. The van der Waals surface area contributed by atoms with Gasteiger partial charge in [-0.05, 0) is 56.2 Å². The van der Waals surface area contributed by atoms with Crippen molar-refractivity contribution in [1.29, 1.82) is 0 Å². The fraction of sp³-hybridized carbons (Fsp3) is 0.276. The number of ether oxygens (including phenoxy) is 2. The quantitative estimate of drug-likeness (QED) is 0.185. The Bertz CT molecular complexity index is 1790. The summed E-state index contributed by atoms with van der Waals surface area (Å²) in [4.78, 5) is 16.5. The van der Waals surface area contributed by atoms with Crippen molar-refractivity contribution in [3.8, 4) is 28.3 Å². The van der Waals surface area contributed by atoms with Crippen LogP contribution in [0.2, 0.25) is 0 Å². The molecular formula is C29H32F2N6O4S. The zero-order chi connectivity index (χ0) is 30.3. The largest absolute Gasteiger partial charge is 0.494 e. The third kappa shape index (κ3) is 6.92. The Morgan fingerprint density at radius 1 is 1.07 bits per heavy atom. The molecule has 5 aromatic rings. The molecule has 0 fully saturated rings. The Morgan fingerprint density at radius 2 is 1.86 bits per heavy atom. The van der Waals surface area contributed by atoms with Gasteiger partial charge in [-0.1, -0.05) is 12.1 Å². The van der Waals surface area contributed by atoms with Crippen LogP contribution in [0.5, 0.6) is 5.75 Å². The Labute approximate surface area is 242 Å². The van der Waals surface area contributed by atoms with E-state index in [4.69, 9.17) is 15.2 Å². The summed E-state index contributed by atoms with van der Waals surface area (Å²) in [5.41, 5.74) is 8.36. The van der Waals surface area contributed by atoms with Gasteiger partial charge in [-0.2, -0.15) is 0 Å². The highest BCUT2D eigenvalue weighted by Crippen LogP contribution is 2.37. The van der Waals surface area contributed by atoms with E-state index in [0.29, 0.717) is 33.6 Å². The summed E-state index contributed by atoms with van der Waals surface area (Å²) in [6.07, 6.45) is 3.23. The number of benzene rings is 2. The number of anilines is 2.